The fourth-order valence-electron chi connectivity index (χ4n) is 2.80. The van der Waals surface area contributed by atoms with Gasteiger partial charge in [0.05, 0.1) is 12.3 Å². The van der Waals surface area contributed by atoms with Crippen LogP contribution < -0.4 is 19.7 Å². The molecule has 1 aliphatic rings. The quantitative estimate of drug-likeness (QED) is 0.451. The van der Waals surface area contributed by atoms with Crippen LogP contribution in [0.4, 0.5) is 14.9 Å². The van der Waals surface area contributed by atoms with Crippen molar-refractivity contribution >= 4 is 29.6 Å². The highest BCUT2D eigenvalue weighted by atomic mass is 19.1. The second-order valence-corrected chi connectivity index (χ2v) is 6.04. The number of terminal acetylenes is 1. The SMILES string of the molecule is C#CCOc1ccc(/C=C2\C(=O)NC(=O)N(c3ccccc3F)C2=O)cc1OCC. The van der Waals surface area contributed by atoms with Gasteiger partial charge in [0.1, 0.15) is 18.0 Å². The summed E-state index contributed by atoms with van der Waals surface area (Å²) in [5.74, 6) is 0.516. The van der Waals surface area contributed by atoms with Gasteiger partial charge in [0, 0.05) is 0 Å². The highest BCUT2D eigenvalue weighted by Crippen LogP contribution is 2.30. The van der Waals surface area contributed by atoms with Crippen molar-refractivity contribution in [1.82, 2.24) is 5.32 Å². The third-order valence-corrected chi connectivity index (χ3v) is 4.08. The number of nitrogens with one attached hydrogen (secondary N) is 1. The van der Waals surface area contributed by atoms with Gasteiger partial charge in [-0.25, -0.2) is 14.1 Å². The van der Waals surface area contributed by atoms with Gasteiger partial charge < -0.3 is 9.47 Å². The molecule has 1 heterocycles. The van der Waals surface area contributed by atoms with Crippen LogP contribution in [0.25, 0.3) is 6.08 Å². The Balaban J connectivity index is 1.99. The average molecular weight is 408 g/mol. The summed E-state index contributed by atoms with van der Waals surface area (Å²) in [5.41, 5.74) is -0.156. The van der Waals surface area contributed by atoms with Crippen molar-refractivity contribution in [2.75, 3.05) is 18.1 Å². The van der Waals surface area contributed by atoms with Crippen molar-refractivity contribution in [2.24, 2.45) is 0 Å². The van der Waals surface area contributed by atoms with Gasteiger partial charge in [-0.15, -0.1) is 6.42 Å². The van der Waals surface area contributed by atoms with Gasteiger partial charge in [-0.2, -0.15) is 0 Å². The Bertz CT molecular complexity index is 1090. The van der Waals surface area contributed by atoms with E-state index in [1.807, 2.05) is 5.32 Å². The zero-order chi connectivity index (χ0) is 21.7. The Morgan fingerprint density at radius 1 is 1.13 bits per heavy atom. The van der Waals surface area contributed by atoms with E-state index >= 15 is 0 Å². The van der Waals surface area contributed by atoms with E-state index in [1.165, 1.54) is 24.3 Å². The number of hydrogen-bond donors (Lipinski definition) is 1. The number of benzene rings is 2. The fraction of sp³-hybridized carbons (Fsp3) is 0.136. The molecule has 0 aliphatic carbocycles. The molecule has 1 N–H and O–H groups in total. The molecule has 152 valence electrons. The Labute approximate surface area is 172 Å². The summed E-state index contributed by atoms with van der Waals surface area (Å²) in [4.78, 5) is 37.9. The van der Waals surface area contributed by atoms with Gasteiger partial charge in [0.2, 0.25) is 0 Å². The third-order valence-electron chi connectivity index (χ3n) is 4.08. The van der Waals surface area contributed by atoms with E-state index in [-0.39, 0.29) is 17.9 Å². The molecule has 1 saturated heterocycles. The Hall–Kier alpha value is -4.12. The maximum Gasteiger partial charge on any atom is 0.336 e. The number of ether oxygens (including phenoxy) is 2. The van der Waals surface area contributed by atoms with Gasteiger partial charge >= 0.3 is 6.03 Å². The van der Waals surface area contributed by atoms with Crippen molar-refractivity contribution < 1.29 is 28.2 Å². The predicted molar refractivity (Wildman–Crippen MR) is 107 cm³/mol. The molecule has 1 aliphatic heterocycles. The van der Waals surface area contributed by atoms with E-state index in [4.69, 9.17) is 15.9 Å². The van der Waals surface area contributed by atoms with Gasteiger partial charge in [-0.3, -0.25) is 14.9 Å². The van der Waals surface area contributed by atoms with Gasteiger partial charge in [-0.05, 0) is 42.8 Å². The number of urea groups is 1. The molecular formula is C22H17FN2O5. The summed E-state index contributed by atoms with van der Waals surface area (Å²) >= 11 is 0. The molecule has 7 nitrogen and oxygen atoms in total. The smallest absolute Gasteiger partial charge is 0.336 e. The number of hydrogen-bond acceptors (Lipinski definition) is 5. The van der Waals surface area contributed by atoms with Crippen LogP contribution in [0.3, 0.4) is 0 Å². The number of para-hydroxylation sites is 1. The maximum absolute atomic E-state index is 14.1. The first-order valence-corrected chi connectivity index (χ1v) is 8.95. The molecule has 8 heteroatoms. The lowest BCUT2D eigenvalue weighted by Crippen LogP contribution is -2.54. The Kier molecular flexibility index (Phi) is 6.13. The lowest BCUT2D eigenvalue weighted by Gasteiger charge is -2.26. The van der Waals surface area contributed by atoms with E-state index < -0.39 is 23.7 Å². The van der Waals surface area contributed by atoms with E-state index in [1.54, 1.807) is 25.1 Å². The second kappa shape index (κ2) is 8.92. The largest absolute Gasteiger partial charge is 0.490 e. The molecular weight excluding hydrogens is 391 g/mol. The average Bonchev–Trinajstić information content (AvgIpc) is 2.72. The van der Waals surface area contributed by atoms with Crippen LogP contribution in [0.1, 0.15) is 12.5 Å². The van der Waals surface area contributed by atoms with Crippen LogP contribution in [0.5, 0.6) is 11.5 Å². The van der Waals surface area contributed by atoms with Crippen molar-refractivity contribution in [3.63, 3.8) is 0 Å². The molecule has 3 rings (SSSR count). The minimum atomic E-state index is -1.03. The number of anilines is 1. The van der Waals surface area contributed by atoms with Crippen molar-refractivity contribution in [1.29, 1.82) is 0 Å². The molecule has 2 aromatic rings. The summed E-state index contributed by atoms with van der Waals surface area (Å²) < 4.78 is 25.1. The molecule has 0 unspecified atom stereocenters. The zero-order valence-electron chi connectivity index (χ0n) is 16.0. The zero-order valence-corrected chi connectivity index (χ0v) is 16.0. The molecule has 30 heavy (non-hydrogen) atoms. The molecule has 0 saturated carbocycles. The number of nitrogens with zero attached hydrogens (tertiary/aromatic N) is 1. The highest BCUT2D eigenvalue weighted by Gasteiger charge is 2.37. The minimum Gasteiger partial charge on any atom is -0.490 e. The predicted octanol–water partition coefficient (Wildman–Crippen LogP) is 2.90. The van der Waals surface area contributed by atoms with Crippen LogP contribution in [0, 0.1) is 18.2 Å². The van der Waals surface area contributed by atoms with Crippen LogP contribution in [0.15, 0.2) is 48.0 Å². The highest BCUT2D eigenvalue weighted by molar-refractivity contribution is 6.39. The first kappa shape index (κ1) is 20.6. The molecule has 0 atom stereocenters. The lowest BCUT2D eigenvalue weighted by molar-refractivity contribution is -0.122. The first-order valence-electron chi connectivity index (χ1n) is 8.95. The van der Waals surface area contributed by atoms with Crippen molar-refractivity contribution in [2.45, 2.75) is 6.92 Å². The molecule has 2 aromatic carbocycles. The number of amides is 4. The van der Waals surface area contributed by atoms with Gasteiger partial charge in [0.15, 0.2) is 11.5 Å². The number of carbonyl (C=O) groups is 3. The van der Waals surface area contributed by atoms with Crippen molar-refractivity contribution in [3.05, 3.63) is 59.4 Å². The maximum atomic E-state index is 14.1. The summed E-state index contributed by atoms with van der Waals surface area (Å²) in [6.07, 6.45) is 6.48. The topological polar surface area (TPSA) is 84.9 Å². The third kappa shape index (κ3) is 4.15. The van der Waals surface area contributed by atoms with Crippen LogP contribution >= 0.6 is 0 Å². The second-order valence-electron chi connectivity index (χ2n) is 6.04. The van der Waals surface area contributed by atoms with Crippen LogP contribution in [-0.4, -0.2) is 31.1 Å². The van der Waals surface area contributed by atoms with Gasteiger partial charge in [0.25, 0.3) is 11.8 Å². The van der Waals surface area contributed by atoms with E-state index in [2.05, 4.69) is 5.92 Å². The fourth-order valence-corrected chi connectivity index (χ4v) is 2.80. The first-order chi connectivity index (χ1) is 14.5. The van der Waals surface area contributed by atoms with Crippen LogP contribution in [-0.2, 0) is 9.59 Å². The lowest BCUT2D eigenvalue weighted by atomic mass is 10.1. The number of imide groups is 2. The summed E-state index contributed by atoms with van der Waals surface area (Å²) in [6, 6.07) is 8.98. The molecule has 0 bridgehead atoms. The van der Waals surface area contributed by atoms with Crippen molar-refractivity contribution in [3.8, 4) is 23.8 Å². The molecule has 4 amide bonds. The molecule has 0 spiro atoms. The molecule has 1 fully saturated rings. The summed E-state index contributed by atoms with van der Waals surface area (Å²) in [6.45, 7) is 2.18. The van der Waals surface area contributed by atoms with Crippen LogP contribution in [0.2, 0.25) is 0 Å². The monoisotopic (exact) mass is 408 g/mol. The summed E-state index contributed by atoms with van der Waals surface area (Å²) in [7, 11) is 0. The minimum absolute atomic E-state index is 0.0428. The number of halogens is 1. The van der Waals surface area contributed by atoms with E-state index in [0.29, 0.717) is 28.6 Å². The molecule has 0 radical (unpaired) electrons. The Morgan fingerprint density at radius 2 is 1.90 bits per heavy atom. The standard InChI is InChI=1S/C22H17FN2O5/c1-3-11-30-18-10-9-14(13-19(18)29-4-2)12-15-20(26)24-22(28)25(21(15)27)17-8-6-5-7-16(17)23/h1,5-10,12-13H,4,11H2,2H3,(H,24,26,28)/b15-12+. The normalized spacial score (nSPS) is 15.0. The summed E-state index contributed by atoms with van der Waals surface area (Å²) in [5, 5.41) is 2.05. The van der Waals surface area contributed by atoms with E-state index in [9.17, 15) is 18.8 Å². The number of rotatable bonds is 6. The van der Waals surface area contributed by atoms with E-state index in [0.717, 1.165) is 6.07 Å². The van der Waals surface area contributed by atoms with Gasteiger partial charge in [-0.1, -0.05) is 24.1 Å². The Morgan fingerprint density at radius 3 is 2.60 bits per heavy atom. The molecule has 0 aromatic heterocycles. The number of carbonyl (C=O) groups excluding carboxylic acids is 3. The number of barbiturate groups is 1.